The molecule has 0 bridgehead atoms. The zero-order valence-corrected chi connectivity index (χ0v) is 13.8. The maximum Gasteiger partial charge on any atom is 0.322 e. The van der Waals surface area contributed by atoms with E-state index in [1.165, 1.54) is 0 Å². The number of hydrogen-bond acceptors (Lipinski definition) is 7. The number of para-hydroxylation sites is 2. The van der Waals surface area contributed by atoms with Gasteiger partial charge in [-0.25, -0.2) is 4.98 Å². The zero-order valence-electron chi connectivity index (χ0n) is 13.8. The molecule has 2 aromatic heterocycles. The first-order valence-electron chi connectivity index (χ1n) is 7.83. The lowest BCUT2D eigenvalue weighted by Crippen LogP contribution is -2.12. The molecule has 0 aliphatic heterocycles. The number of nitrogens with zero attached hydrogens (tertiary/aromatic N) is 3. The molecule has 1 amide bonds. The Kier molecular flexibility index (Phi) is 4.06. The average Bonchev–Trinajstić information content (AvgIpc) is 3.29. The van der Waals surface area contributed by atoms with Crippen LogP contribution in [-0.4, -0.2) is 28.2 Å². The monoisotopic (exact) mass is 350 g/mol. The summed E-state index contributed by atoms with van der Waals surface area (Å²) in [5, 5.41) is 10.2. The quantitative estimate of drug-likeness (QED) is 0.590. The fraction of sp³-hybridized carbons (Fsp3) is 0.111. The Morgan fingerprint density at radius 3 is 2.65 bits per heavy atom. The fourth-order valence-electron chi connectivity index (χ4n) is 2.41. The van der Waals surface area contributed by atoms with Crippen LogP contribution in [0.4, 0.5) is 6.01 Å². The van der Waals surface area contributed by atoms with Crippen LogP contribution in [-0.2, 0) is 6.42 Å². The molecule has 0 atom stereocenters. The van der Waals surface area contributed by atoms with E-state index in [-0.39, 0.29) is 11.9 Å². The number of benzene rings is 2. The highest BCUT2D eigenvalue weighted by Gasteiger charge is 2.17. The Hall–Kier alpha value is -3.68. The number of ether oxygens (including phenoxy) is 1. The molecular formula is C18H14N4O4. The number of anilines is 1. The van der Waals surface area contributed by atoms with Gasteiger partial charge in [0.05, 0.1) is 13.5 Å². The second-order valence-electron chi connectivity index (χ2n) is 5.47. The van der Waals surface area contributed by atoms with Gasteiger partial charge in [0.25, 0.3) is 5.89 Å². The minimum atomic E-state index is -0.555. The molecule has 0 spiro atoms. The molecule has 0 unspecified atom stereocenters. The van der Waals surface area contributed by atoms with Crippen LogP contribution in [0.25, 0.3) is 11.1 Å². The standard InChI is InChI=1S/C18H14N4O4/c1-24-12-8-6-11(7-9-12)10-15-21-22-18(26-15)20-16(23)17-19-13-4-2-3-5-14(13)25-17/h2-9H,10H2,1H3,(H,20,22,23). The third kappa shape index (κ3) is 3.25. The smallest absolute Gasteiger partial charge is 0.322 e. The van der Waals surface area contributed by atoms with E-state index >= 15 is 0 Å². The Morgan fingerprint density at radius 2 is 1.88 bits per heavy atom. The van der Waals surface area contributed by atoms with E-state index in [4.69, 9.17) is 13.6 Å². The normalized spacial score (nSPS) is 10.8. The number of aromatic nitrogens is 3. The van der Waals surface area contributed by atoms with E-state index in [0.717, 1.165) is 11.3 Å². The lowest BCUT2D eigenvalue weighted by molar-refractivity contribution is 0.0989. The molecule has 2 aromatic carbocycles. The molecule has 0 saturated heterocycles. The Bertz CT molecular complexity index is 1020. The van der Waals surface area contributed by atoms with Gasteiger partial charge in [-0.05, 0) is 29.8 Å². The molecule has 0 aliphatic rings. The van der Waals surface area contributed by atoms with Gasteiger partial charge in [-0.3, -0.25) is 10.1 Å². The maximum absolute atomic E-state index is 12.2. The van der Waals surface area contributed by atoms with Gasteiger partial charge >= 0.3 is 11.9 Å². The van der Waals surface area contributed by atoms with Crippen molar-refractivity contribution in [3.8, 4) is 5.75 Å². The van der Waals surface area contributed by atoms with Gasteiger partial charge in [-0.2, -0.15) is 0 Å². The molecular weight excluding hydrogens is 336 g/mol. The molecule has 8 heteroatoms. The minimum absolute atomic E-state index is 0.0132. The van der Waals surface area contributed by atoms with E-state index in [9.17, 15) is 4.79 Å². The summed E-state index contributed by atoms with van der Waals surface area (Å²) in [4.78, 5) is 16.3. The highest BCUT2D eigenvalue weighted by molar-refractivity contribution is 6.00. The Morgan fingerprint density at radius 1 is 1.08 bits per heavy atom. The summed E-state index contributed by atoms with van der Waals surface area (Å²) in [6.07, 6.45) is 0.440. The van der Waals surface area contributed by atoms with E-state index in [0.29, 0.717) is 23.4 Å². The van der Waals surface area contributed by atoms with Crippen molar-refractivity contribution in [1.29, 1.82) is 0 Å². The zero-order chi connectivity index (χ0) is 17.9. The lowest BCUT2D eigenvalue weighted by atomic mass is 10.1. The molecule has 130 valence electrons. The van der Waals surface area contributed by atoms with Crippen molar-refractivity contribution in [2.24, 2.45) is 0 Å². The van der Waals surface area contributed by atoms with Crippen molar-refractivity contribution >= 4 is 23.0 Å². The summed E-state index contributed by atoms with van der Waals surface area (Å²) in [5.41, 5.74) is 2.11. The number of amides is 1. The van der Waals surface area contributed by atoms with Gasteiger partial charge < -0.3 is 13.6 Å². The highest BCUT2D eigenvalue weighted by Crippen LogP contribution is 2.17. The lowest BCUT2D eigenvalue weighted by Gasteiger charge is -2.00. The third-order valence-corrected chi connectivity index (χ3v) is 3.69. The number of nitrogens with one attached hydrogen (secondary N) is 1. The van der Waals surface area contributed by atoms with Crippen molar-refractivity contribution < 1.29 is 18.4 Å². The van der Waals surface area contributed by atoms with Crippen LogP contribution in [0.5, 0.6) is 5.75 Å². The number of carbonyl (C=O) groups is 1. The second-order valence-corrected chi connectivity index (χ2v) is 5.47. The summed E-state index contributed by atoms with van der Waals surface area (Å²) in [6, 6.07) is 14.6. The molecule has 0 fully saturated rings. The summed E-state index contributed by atoms with van der Waals surface area (Å²) in [7, 11) is 1.61. The van der Waals surface area contributed by atoms with Crippen molar-refractivity contribution in [3.05, 3.63) is 65.9 Å². The van der Waals surface area contributed by atoms with E-state index < -0.39 is 5.91 Å². The van der Waals surface area contributed by atoms with Crippen molar-refractivity contribution in [2.45, 2.75) is 6.42 Å². The van der Waals surface area contributed by atoms with Crippen molar-refractivity contribution in [1.82, 2.24) is 15.2 Å². The van der Waals surface area contributed by atoms with Gasteiger partial charge in [0.2, 0.25) is 5.89 Å². The molecule has 0 aliphatic carbocycles. The van der Waals surface area contributed by atoms with Crippen LogP contribution in [0.15, 0.2) is 57.4 Å². The van der Waals surface area contributed by atoms with E-state index in [2.05, 4.69) is 20.5 Å². The molecule has 4 aromatic rings. The highest BCUT2D eigenvalue weighted by atomic mass is 16.5. The van der Waals surface area contributed by atoms with Gasteiger partial charge in [0.1, 0.15) is 11.3 Å². The molecule has 4 rings (SSSR count). The Balaban J connectivity index is 1.44. The van der Waals surface area contributed by atoms with Crippen molar-refractivity contribution in [2.75, 3.05) is 12.4 Å². The van der Waals surface area contributed by atoms with E-state index in [1.807, 2.05) is 30.3 Å². The average molecular weight is 350 g/mol. The third-order valence-electron chi connectivity index (χ3n) is 3.69. The van der Waals surface area contributed by atoms with Crippen LogP contribution in [0.3, 0.4) is 0 Å². The van der Waals surface area contributed by atoms with Gasteiger partial charge in [0.15, 0.2) is 5.58 Å². The predicted octanol–water partition coefficient (Wildman–Crippen LogP) is 3.06. The van der Waals surface area contributed by atoms with Crippen LogP contribution < -0.4 is 10.1 Å². The Labute approximate surface area is 147 Å². The summed E-state index contributed by atoms with van der Waals surface area (Å²) in [6.45, 7) is 0. The number of oxazole rings is 1. The number of methoxy groups -OCH3 is 1. The SMILES string of the molecule is COc1ccc(Cc2nnc(NC(=O)c3nc4ccccc4o3)o2)cc1. The minimum Gasteiger partial charge on any atom is -0.497 e. The van der Waals surface area contributed by atoms with Gasteiger partial charge in [-0.15, -0.1) is 5.10 Å². The predicted molar refractivity (Wildman–Crippen MR) is 92.1 cm³/mol. The largest absolute Gasteiger partial charge is 0.497 e. The number of carbonyl (C=O) groups excluding carboxylic acids is 1. The van der Waals surface area contributed by atoms with Crippen LogP contribution in [0, 0.1) is 0 Å². The summed E-state index contributed by atoms with van der Waals surface area (Å²) in [5.74, 6) is 0.524. The molecule has 8 nitrogen and oxygen atoms in total. The number of fused-ring (bicyclic) bond motifs is 1. The molecule has 2 heterocycles. The first-order valence-corrected chi connectivity index (χ1v) is 7.83. The first-order chi connectivity index (χ1) is 12.7. The first kappa shape index (κ1) is 15.8. The summed E-state index contributed by atoms with van der Waals surface area (Å²) < 4.78 is 16.0. The van der Waals surface area contributed by atoms with Gasteiger partial charge in [0, 0.05) is 0 Å². The molecule has 0 radical (unpaired) electrons. The van der Waals surface area contributed by atoms with E-state index in [1.54, 1.807) is 25.3 Å². The topological polar surface area (TPSA) is 103 Å². The number of hydrogen-bond donors (Lipinski definition) is 1. The molecule has 26 heavy (non-hydrogen) atoms. The van der Waals surface area contributed by atoms with Crippen LogP contribution >= 0.6 is 0 Å². The van der Waals surface area contributed by atoms with Crippen LogP contribution in [0.2, 0.25) is 0 Å². The maximum atomic E-state index is 12.2. The molecule has 1 N–H and O–H groups in total. The van der Waals surface area contributed by atoms with Crippen LogP contribution in [0.1, 0.15) is 22.1 Å². The second kappa shape index (κ2) is 6.67. The summed E-state index contributed by atoms with van der Waals surface area (Å²) >= 11 is 0. The molecule has 0 saturated carbocycles. The van der Waals surface area contributed by atoms with Gasteiger partial charge in [-0.1, -0.05) is 29.4 Å². The number of rotatable bonds is 5. The van der Waals surface area contributed by atoms with Crippen molar-refractivity contribution in [3.63, 3.8) is 0 Å². The fourth-order valence-corrected chi connectivity index (χ4v) is 2.41.